The maximum Gasteiger partial charge on any atom is 0.0215 e. The highest BCUT2D eigenvalue weighted by Gasteiger charge is 2.23. The van der Waals surface area contributed by atoms with E-state index < -0.39 is 0 Å². The minimum Gasteiger partial charge on any atom is -0.329 e. The molecule has 15 heavy (non-hydrogen) atoms. The number of hydrogen-bond acceptors (Lipinski definition) is 3. The second-order valence-corrected chi connectivity index (χ2v) is 5.04. The van der Waals surface area contributed by atoms with Crippen LogP contribution < -0.4 is 5.73 Å². The molecule has 0 saturated carbocycles. The van der Waals surface area contributed by atoms with E-state index in [2.05, 4.69) is 30.8 Å². The summed E-state index contributed by atoms with van der Waals surface area (Å²) in [6.07, 6.45) is 3.87. The van der Waals surface area contributed by atoms with Crippen LogP contribution in [0.1, 0.15) is 26.2 Å². The highest BCUT2D eigenvalue weighted by Crippen LogP contribution is 2.20. The van der Waals surface area contributed by atoms with Gasteiger partial charge in [0.2, 0.25) is 0 Å². The standard InChI is InChI=1S/C12H27N3/c1-4-12(9-13)15-7-5-11(6-8-15)10-14(2)3/h11-12H,4-10,13H2,1-3H3. The minimum atomic E-state index is 0.616. The lowest BCUT2D eigenvalue weighted by atomic mass is 9.95. The van der Waals surface area contributed by atoms with E-state index in [0.717, 1.165) is 12.5 Å². The number of nitrogens with zero attached hydrogens (tertiary/aromatic N) is 2. The second-order valence-electron chi connectivity index (χ2n) is 5.04. The Labute approximate surface area is 94.6 Å². The predicted molar refractivity (Wildman–Crippen MR) is 66.0 cm³/mol. The van der Waals surface area contributed by atoms with Gasteiger partial charge in [-0.1, -0.05) is 6.92 Å². The van der Waals surface area contributed by atoms with Crippen LogP contribution in [0.4, 0.5) is 0 Å². The fraction of sp³-hybridized carbons (Fsp3) is 1.00. The molecule has 0 aromatic heterocycles. The molecule has 1 heterocycles. The van der Waals surface area contributed by atoms with Crippen LogP contribution in [0.3, 0.4) is 0 Å². The molecule has 1 saturated heterocycles. The zero-order valence-corrected chi connectivity index (χ0v) is 10.6. The van der Waals surface area contributed by atoms with Gasteiger partial charge in [0.05, 0.1) is 0 Å². The van der Waals surface area contributed by atoms with Crippen molar-refractivity contribution in [1.82, 2.24) is 9.80 Å². The molecule has 2 N–H and O–H groups in total. The second kappa shape index (κ2) is 6.46. The number of likely N-dealkylation sites (tertiary alicyclic amines) is 1. The van der Waals surface area contributed by atoms with Crippen molar-refractivity contribution in [2.75, 3.05) is 40.3 Å². The van der Waals surface area contributed by atoms with Crippen molar-refractivity contribution in [3.05, 3.63) is 0 Å². The van der Waals surface area contributed by atoms with Gasteiger partial charge in [0.15, 0.2) is 0 Å². The molecule has 0 radical (unpaired) electrons. The quantitative estimate of drug-likeness (QED) is 0.739. The van der Waals surface area contributed by atoms with Crippen LogP contribution in [-0.4, -0.2) is 56.1 Å². The van der Waals surface area contributed by atoms with Crippen LogP contribution in [0.2, 0.25) is 0 Å². The summed E-state index contributed by atoms with van der Waals surface area (Å²) < 4.78 is 0. The molecule has 1 fully saturated rings. The average Bonchev–Trinajstić information content (AvgIpc) is 2.21. The van der Waals surface area contributed by atoms with Gasteiger partial charge in [-0.3, -0.25) is 4.90 Å². The monoisotopic (exact) mass is 213 g/mol. The Bertz CT molecular complexity index is 158. The summed E-state index contributed by atoms with van der Waals surface area (Å²) in [7, 11) is 4.34. The van der Waals surface area contributed by atoms with E-state index in [9.17, 15) is 0 Å². The lowest BCUT2D eigenvalue weighted by molar-refractivity contribution is 0.120. The first-order chi connectivity index (χ1) is 7.17. The summed E-state index contributed by atoms with van der Waals surface area (Å²) in [6.45, 7) is 6.79. The summed E-state index contributed by atoms with van der Waals surface area (Å²) >= 11 is 0. The Kier molecular flexibility index (Phi) is 5.58. The predicted octanol–water partition coefficient (Wildman–Crippen LogP) is 0.997. The van der Waals surface area contributed by atoms with Crippen molar-refractivity contribution in [2.24, 2.45) is 11.7 Å². The molecular weight excluding hydrogens is 186 g/mol. The first-order valence-corrected chi connectivity index (χ1v) is 6.26. The van der Waals surface area contributed by atoms with Gasteiger partial charge in [0, 0.05) is 19.1 Å². The number of hydrogen-bond donors (Lipinski definition) is 1. The molecule has 1 aliphatic heterocycles. The summed E-state index contributed by atoms with van der Waals surface area (Å²) in [4.78, 5) is 4.88. The zero-order chi connectivity index (χ0) is 11.3. The molecule has 1 unspecified atom stereocenters. The molecule has 90 valence electrons. The largest absolute Gasteiger partial charge is 0.329 e. The van der Waals surface area contributed by atoms with Gasteiger partial charge in [0.25, 0.3) is 0 Å². The van der Waals surface area contributed by atoms with Gasteiger partial charge in [-0.15, -0.1) is 0 Å². The van der Waals surface area contributed by atoms with E-state index >= 15 is 0 Å². The third kappa shape index (κ3) is 4.09. The van der Waals surface area contributed by atoms with Gasteiger partial charge in [-0.2, -0.15) is 0 Å². The van der Waals surface area contributed by atoms with Crippen molar-refractivity contribution in [1.29, 1.82) is 0 Å². The Hall–Kier alpha value is -0.120. The summed E-state index contributed by atoms with van der Waals surface area (Å²) in [5, 5.41) is 0. The summed E-state index contributed by atoms with van der Waals surface area (Å²) in [5.74, 6) is 0.895. The van der Waals surface area contributed by atoms with Crippen molar-refractivity contribution in [3.63, 3.8) is 0 Å². The van der Waals surface area contributed by atoms with Crippen LogP contribution in [-0.2, 0) is 0 Å². The fourth-order valence-electron chi connectivity index (χ4n) is 2.59. The van der Waals surface area contributed by atoms with Crippen LogP contribution in [0.5, 0.6) is 0 Å². The normalized spacial score (nSPS) is 22.2. The number of rotatable bonds is 5. The molecule has 1 rings (SSSR count). The zero-order valence-electron chi connectivity index (χ0n) is 10.6. The first kappa shape index (κ1) is 12.9. The van der Waals surface area contributed by atoms with Gasteiger partial charge < -0.3 is 10.6 Å². The molecule has 0 aliphatic carbocycles. The van der Waals surface area contributed by atoms with E-state index in [1.54, 1.807) is 0 Å². The highest BCUT2D eigenvalue weighted by atomic mass is 15.2. The van der Waals surface area contributed by atoms with Crippen LogP contribution in [0.15, 0.2) is 0 Å². The molecule has 0 aromatic rings. The van der Waals surface area contributed by atoms with Gasteiger partial charge in [0.1, 0.15) is 0 Å². The lowest BCUT2D eigenvalue weighted by Gasteiger charge is -2.37. The maximum atomic E-state index is 5.78. The van der Waals surface area contributed by atoms with E-state index in [4.69, 9.17) is 5.73 Å². The van der Waals surface area contributed by atoms with Crippen LogP contribution in [0, 0.1) is 5.92 Å². The Morgan fingerprint density at radius 1 is 1.33 bits per heavy atom. The van der Waals surface area contributed by atoms with Crippen molar-refractivity contribution >= 4 is 0 Å². The van der Waals surface area contributed by atoms with Gasteiger partial charge >= 0.3 is 0 Å². The van der Waals surface area contributed by atoms with Gasteiger partial charge in [-0.05, 0) is 52.4 Å². The lowest BCUT2D eigenvalue weighted by Crippen LogP contribution is -2.45. The summed E-state index contributed by atoms with van der Waals surface area (Å²) in [5.41, 5.74) is 5.78. The molecule has 0 bridgehead atoms. The van der Waals surface area contributed by atoms with Crippen LogP contribution in [0.25, 0.3) is 0 Å². The highest BCUT2D eigenvalue weighted by molar-refractivity contribution is 4.79. The maximum absolute atomic E-state index is 5.78. The molecule has 1 aliphatic rings. The minimum absolute atomic E-state index is 0.616. The SMILES string of the molecule is CCC(CN)N1CCC(CN(C)C)CC1. The molecule has 3 nitrogen and oxygen atoms in total. The van der Waals surface area contributed by atoms with E-state index in [1.165, 1.54) is 38.9 Å². The molecule has 0 aromatic carbocycles. The fourth-order valence-corrected chi connectivity index (χ4v) is 2.59. The average molecular weight is 213 g/mol. The Morgan fingerprint density at radius 2 is 1.93 bits per heavy atom. The van der Waals surface area contributed by atoms with Crippen molar-refractivity contribution in [2.45, 2.75) is 32.2 Å². The molecule has 0 spiro atoms. The molecule has 1 atom stereocenters. The molecule has 0 amide bonds. The third-order valence-corrected chi connectivity index (χ3v) is 3.53. The smallest absolute Gasteiger partial charge is 0.0215 e. The first-order valence-electron chi connectivity index (χ1n) is 6.26. The van der Waals surface area contributed by atoms with Crippen molar-refractivity contribution in [3.8, 4) is 0 Å². The van der Waals surface area contributed by atoms with Gasteiger partial charge in [-0.25, -0.2) is 0 Å². The number of piperidine rings is 1. The van der Waals surface area contributed by atoms with E-state index in [0.29, 0.717) is 6.04 Å². The molecular formula is C12H27N3. The van der Waals surface area contributed by atoms with E-state index in [1.807, 2.05) is 0 Å². The Balaban J connectivity index is 2.28. The van der Waals surface area contributed by atoms with E-state index in [-0.39, 0.29) is 0 Å². The topological polar surface area (TPSA) is 32.5 Å². The Morgan fingerprint density at radius 3 is 2.33 bits per heavy atom. The third-order valence-electron chi connectivity index (χ3n) is 3.53. The van der Waals surface area contributed by atoms with Crippen molar-refractivity contribution < 1.29 is 0 Å². The summed E-state index contributed by atoms with van der Waals surface area (Å²) in [6, 6.07) is 0.616. The number of nitrogens with two attached hydrogens (primary N) is 1. The molecule has 3 heteroatoms. The van der Waals surface area contributed by atoms with Crippen LogP contribution >= 0.6 is 0 Å².